The fourth-order valence-electron chi connectivity index (χ4n) is 0.442. The molecule has 0 rings (SSSR count). The average molecular weight is 159 g/mol. The molecule has 0 aromatic rings. The van der Waals surface area contributed by atoms with Crippen molar-refractivity contribution in [3.8, 4) is 0 Å². The number of hydrogen-bond acceptors (Lipinski definition) is 3. The number of aldehydes is 1. The second kappa shape index (κ2) is 4.71. The van der Waals surface area contributed by atoms with Gasteiger partial charge in [-0.3, -0.25) is 4.79 Å². The van der Waals surface area contributed by atoms with Gasteiger partial charge in [0.25, 0.3) is 0 Å². The molecular formula is C7H13NO3. The zero-order valence-corrected chi connectivity index (χ0v) is 7.03. The summed E-state index contributed by atoms with van der Waals surface area (Å²) < 4.78 is 4.73. The maximum atomic E-state index is 10.8. The highest BCUT2D eigenvalue weighted by atomic mass is 16.6. The Morgan fingerprint density at radius 2 is 2.18 bits per heavy atom. The molecule has 0 aromatic heterocycles. The molecule has 0 aliphatic rings. The van der Waals surface area contributed by atoms with Gasteiger partial charge in [0, 0.05) is 14.1 Å². The first-order valence-electron chi connectivity index (χ1n) is 3.45. The van der Waals surface area contributed by atoms with E-state index < -0.39 is 12.2 Å². The molecule has 1 atom stereocenters. The maximum Gasteiger partial charge on any atom is 0.409 e. The van der Waals surface area contributed by atoms with Crippen LogP contribution in [0.3, 0.4) is 0 Å². The SMILES string of the molecule is CCC(C=O)OC(=O)N(C)C. The Labute approximate surface area is 66.1 Å². The summed E-state index contributed by atoms with van der Waals surface area (Å²) in [5.41, 5.74) is 0. The maximum absolute atomic E-state index is 10.8. The van der Waals surface area contributed by atoms with E-state index in [1.54, 1.807) is 21.0 Å². The van der Waals surface area contributed by atoms with Crippen LogP contribution in [-0.4, -0.2) is 37.5 Å². The molecule has 4 heteroatoms. The zero-order valence-electron chi connectivity index (χ0n) is 7.03. The Morgan fingerprint density at radius 3 is 2.45 bits per heavy atom. The summed E-state index contributed by atoms with van der Waals surface area (Å²) in [5.74, 6) is 0. The first kappa shape index (κ1) is 9.94. The van der Waals surface area contributed by atoms with Gasteiger partial charge >= 0.3 is 6.09 Å². The second-order valence-electron chi connectivity index (χ2n) is 2.36. The van der Waals surface area contributed by atoms with Gasteiger partial charge in [-0.15, -0.1) is 0 Å². The van der Waals surface area contributed by atoms with E-state index in [0.717, 1.165) is 0 Å². The first-order valence-corrected chi connectivity index (χ1v) is 3.45. The third-order valence-corrected chi connectivity index (χ3v) is 1.17. The molecule has 0 heterocycles. The van der Waals surface area contributed by atoms with Crippen molar-refractivity contribution in [1.82, 2.24) is 4.90 Å². The van der Waals surface area contributed by atoms with Crippen molar-refractivity contribution in [2.75, 3.05) is 14.1 Å². The molecule has 0 fully saturated rings. The Morgan fingerprint density at radius 1 is 1.64 bits per heavy atom. The quantitative estimate of drug-likeness (QED) is 0.568. The van der Waals surface area contributed by atoms with Crippen LogP contribution in [-0.2, 0) is 9.53 Å². The lowest BCUT2D eigenvalue weighted by Crippen LogP contribution is -2.28. The number of rotatable bonds is 3. The predicted molar refractivity (Wildman–Crippen MR) is 40.3 cm³/mol. The van der Waals surface area contributed by atoms with Gasteiger partial charge in [0.2, 0.25) is 0 Å². The molecule has 11 heavy (non-hydrogen) atoms. The van der Waals surface area contributed by atoms with Gasteiger partial charge < -0.3 is 9.64 Å². The monoisotopic (exact) mass is 159 g/mol. The number of carbonyl (C=O) groups excluding carboxylic acids is 2. The van der Waals surface area contributed by atoms with Crippen LogP contribution in [0.25, 0.3) is 0 Å². The lowest BCUT2D eigenvalue weighted by Gasteiger charge is -2.14. The molecule has 1 unspecified atom stereocenters. The van der Waals surface area contributed by atoms with Crippen LogP contribution in [0, 0.1) is 0 Å². The molecule has 0 aromatic carbocycles. The Balaban J connectivity index is 3.81. The molecule has 0 aliphatic heterocycles. The summed E-state index contributed by atoms with van der Waals surface area (Å²) in [4.78, 5) is 22.3. The van der Waals surface area contributed by atoms with Crippen LogP contribution >= 0.6 is 0 Å². The molecule has 0 saturated carbocycles. The van der Waals surface area contributed by atoms with Gasteiger partial charge in [0.15, 0.2) is 12.4 Å². The minimum atomic E-state index is -0.607. The summed E-state index contributed by atoms with van der Waals surface area (Å²) in [6, 6.07) is 0. The van der Waals surface area contributed by atoms with E-state index in [4.69, 9.17) is 4.74 Å². The van der Waals surface area contributed by atoms with Gasteiger partial charge in [-0.05, 0) is 6.42 Å². The van der Waals surface area contributed by atoms with E-state index in [0.29, 0.717) is 12.7 Å². The van der Waals surface area contributed by atoms with Crippen molar-refractivity contribution in [2.24, 2.45) is 0 Å². The van der Waals surface area contributed by atoms with E-state index in [9.17, 15) is 9.59 Å². The van der Waals surface area contributed by atoms with E-state index in [1.165, 1.54) is 4.90 Å². The summed E-state index contributed by atoms with van der Waals surface area (Å²) >= 11 is 0. The van der Waals surface area contributed by atoms with E-state index in [1.807, 2.05) is 0 Å². The molecule has 0 spiro atoms. The van der Waals surface area contributed by atoms with Crippen LogP contribution in [0.5, 0.6) is 0 Å². The van der Waals surface area contributed by atoms with Gasteiger partial charge in [0.05, 0.1) is 0 Å². The largest absolute Gasteiger partial charge is 0.438 e. The highest BCUT2D eigenvalue weighted by Gasteiger charge is 2.11. The Kier molecular flexibility index (Phi) is 4.26. The minimum absolute atomic E-state index is 0.482. The number of nitrogens with zero attached hydrogens (tertiary/aromatic N) is 1. The fourth-order valence-corrected chi connectivity index (χ4v) is 0.442. The lowest BCUT2D eigenvalue weighted by atomic mass is 10.3. The van der Waals surface area contributed by atoms with Crippen LogP contribution in [0.4, 0.5) is 4.79 Å². The highest BCUT2D eigenvalue weighted by Crippen LogP contribution is 1.96. The van der Waals surface area contributed by atoms with Crippen molar-refractivity contribution >= 4 is 12.4 Å². The van der Waals surface area contributed by atoms with Gasteiger partial charge in [0.1, 0.15) is 0 Å². The molecule has 4 nitrogen and oxygen atoms in total. The molecule has 0 bridgehead atoms. The Hall–Kier alpha value is -1.06. The van der Waals surface area contributed by atoms with E-state index in [2.05, 4.69) is 0 Å². The number of amides is 1. The number of carbonyl (C=O) groups is 2. The van der Waals surface area contributed by atoms with Gasteiger partial charge in [-0.25, -0.2) is 4.79 Å². The predicted octanol–water partition coefficient (Wildman–Crippen LogP) is 0.662. The number of ether oxygens (including phenoxy) is 1. The number of hydrogen-bond donors (Lipinski definition) is 0. The first-order chi connectivity index (χ1) is 5.11. The summed E-state index contributed by atoms with van der Waals surface area (Å²) in [5, 5.41) is 0. The normalized spacial score (nSPS) is 11.9. The second-order valence-corrected chi connectivity index (χ2v) is 2.36. The summed E-state index contributed by atoms with van der Waals surface area (Å²) in [7, 11) is 3.14. The molecular weight excluding hydrogens is 146 g/mol. The van der Waals surface area contributed by atoms with Crippen LogP contribution in [0.1, 0.15) is 13.3 Å². The minimum Gasteiger partial charge on any atom is -0.438 e. The average Bonchev–Trinajstić information content (AvgIpc) is 1.99. The fraction of sp³-hybridized carbons (Fsp3) is 0.714. The van der Waals surface area contributed by atoms with E-state index in [-0.39, 0.29) is 0 Å². The topological polar surface area (TPSA) is 46.6 Å². The molecule has 64 valence electrons. The molecule has 0 saturated heterocycles. The molecule has 0 aliphatic carbocycles. The van der Waals surface area contributed by atoms with Crippen molar-refractivity contribution < 1.29 is 14.3 Å². The summed E-state index contributed by atoms with van der Waals surface area (Å²) in [6.45, 7) is 1.78. The zero-order chi connectivity index (χ0) is 8.85. The smallest absolute Gasteiger partial charge is 0.409 e. The summed E-state index contributed by atoms with van der Waals surface area (Å²) in [6.07, 6.45) is 0.0543. The molecule has 1 amide bonds. The molecule has 0 radical (unpaired) electrons. The lowest BCUT2D eigenvalue weighted by molar-refractivity contribution is -0.115. The van der Waals surface area contributed by atoms with Crippen molar-refractivity contribution in [3.63, 3.8) is 0 Å². The van der Waals surface area contributed by atoms with Crippen molar-refractivity contribution in [3.05, 3.63) is 0 Å². The highest BCUT2D eigenvalue weighted by molar-refractivity contribution is 5.70. The van der Waals surface area contributed by atoms with Crippen LogP contribution in [0.15, 0.2) is 0 Å². The van der Waals surface area contributed by atoms with Crippen molar-refractivity contribution in [1.29, 1.82) is 0 Å². The molecule has 0 N–H and O–H groups in total. The van der Waals surface area contributed by atoms with Gasteiger partial charge in [-0.1, -0.05) is 6.92 Å². The van der Waals surface area contributed by atoms with Crippen LogP contribution < -0.4 is 0 Å². The standard InChI is InChI=1S/C7H13NO3/c1-4-6(5-9)11-7(10)8(2)3/h5-6H,4H2,1-3H3. The third-order valence-electron chi connectivity index (χ3n) is 1.17. The van der Waals surface area contributed by atoms with Gasteiger partial charge in [-0.2, -0.15) is 0 Å². The van der Waals surface area contributed by atoms with Crippen LogP contribution in [0.2, 0.25) is 0 Å². The van der Waals surface area contributed by atoms with E-state index >= 15 is 0 Å². The van der Waals surface area contributed by atoms with Crippen molar-refractivity contribution in [2.45, 2.75) is 19.4 Å². The Bertz CT molecular complexity index is 145. The third kappa shape index (κ3) is 3.60.